The summed E-state index contributed by atoms with van der Waals surface area (Å²) in [7, 11) is 0. The maximum absolute atomic E-state index is 13.0. The second-order valence-electron chi connectivity index (χ2n) is 9.52. The molecule has 0 spiro atoms. The maximum atomic E-state index is 13.0. The number of carbonyl (C=O) groups is 3. The van der Waals surface area contributed by atoms with Gasteiger partial charge in [0.05, 0.1) is 11.6 Å². The molecule has 2 aromatic rings. The molecule has 3 rings (SSSR count). The van der Waals surface area contributed by atoms with Gasteiger partial charge in [0.15, 0.2) is 6.23 Å². The minimum atomic E-state index is -0.822. The Balaban J connectivity index is 1.73. The quantitative estimate of drug-likeness (QED) is 0.488. The van der Waals surface area contributed by atoms with Gasteiger partial charge in [0, 0.05) is 0 Å². The highest BCUT2D eigenvalue weighted by molar-refractivity contribution is 6.03. The number of nitrogens with one attached hydrogen (secondary N) is 1. The van der Waals surface area contributed by atoms with E-state index in [0.29, 0.717) is 17.7 Å². The van der Waals surface area contributed by atoms with Crippen LogP contribution < -0.4 is 10.1 Å². The average molecular weight is 453 g/mol. The molecule has 0 unspecified atom stereocenters. The fourth-order valence-corrected chi connectivity index (χ4v) is 3.63. The molecule has 3 atom stereocenters. The van der Waals surface area contributed by atoms with Crippen LogP contribution in [0.3, 0.4) is 0 Å². The zero-order chi connectivity index (χ0) is 24.4. The predicted octanol–water partition coefficient (Wildman–Crippen LogP) is 5.08. The summed E-state index contributed by atoms with van der Waals surface area (Å²) < 4.78 is 11.5. The molecule has 1 aliphatic heterocycles. The number of rotatable bonds is 6. The summed E-state index contributed by atoms with van der Waals surface area (Å²) in [6.45, 7) is 11.0. The van der Waals surface area contributed by atoms with Crippen LogP contribution >= 0.6 is 0 Å². The number of ether oxygens (including phenoxy) is 2. The Morgan fingerprint density at radius 2 is 1.70 bits per heavy atom. The minimum Gasteiger partial charge on any atom is -0.469 e. The lowest BCUT2D eigenvalue weighted by molar-refractivity contribution is -0.186. The lowest BCUT2D eigenvalue weighted by Gasteiger charge is -2.51. The van der Waals surface area contributed by atoms with Crippen molar-refractivity contribution in [1.82, 2.24) is 10.2 Å². The van der Waals surface area contributed by atoms with Gasteiger partial charge in [0.25, 0.3) is 0 Å². The van der Waals surface area contributed by atoms with Crippen molar-refractivity contribution in [3.05, 3.63) is 65.7 Å². The van der Waals surface area contributed by atoms with E-state index in [9.17, 15) is 14.4 Å². The van der Waals surface area contributed by atoms with Gasteiger partial charge in [0.2, 0.25) is 5.91 Å². The number of carbonyl (C=O) groups excluding carboxylic acids is 3. The van der Waals surface area contributed by atoms with Crippen LogP contribution in [0.5, 0.6) is 5.75 Å². The number of nitrogens with zero attached hydrogens (tertiary/aromatic N) is 1. The maximum Gasteiger partial charge on any atom is 0.338 e. The molecule has 0 bridgehead atoms. The zero-order valence-corrected chi connectivity index (χ0v) is 20.0. The summed E-state index contributed by atoms with van der Waals surface area (Å²) in [4.78, 5) is 39.2. The zero-order valence-electron chi connectivity index (χ0n) is 20.0. The van der Waals surface area contributed by atoms with Gasteiger partial charge in [0.1, 0.15) is 16.8 Å². The molecule has 7 nitrogen and oxygen atoms in total. The largest absolute Gasteiger partial charge is 0.469 e. The number of likely N-dealkylation sites (tertiary alicyclic amines) is 1. The second-order valence-corrected chi connectivity index (χ2v) is 9.52. The highest BCUT2D eigenvalue weighted by atomic mass is 16.6. The van der Waals surface area contributed by atoms with Crippen LogP contribution in [0.1, 0.15) is 69.9 Å². The van der Waals surface area contributed by atoms with Crippen molar-refractivity contribution in [2.24, 2.45) is 5.41 Å². The van der Waals surface area contributed by atoms with E-state index in [1.807, 2.05) is 44.2 Å². The first kappa shape index (κ1) is 24.3. The Kier molecular flexibility index (Phi) is 6.81. The first-order valence-electron chi connectivity index (χ1n) is 11.2. The van der Waals surface area contributed by atoms with Gasteiger partial charge in [-0.05, 0) is 70.9 Å². The van der Waals surface area contributed by atoms with E-state index < -0.39 is 29.2 Å². The summed E-state index contributed by atoms with van der Waals surface area (Å²) in [5.41, 5.74) is -0.0811. The number of urea groups is 1. The molecule has 33 heavy (non-hydrogen) atoms. The predicted molar refractivity (Wildman–Crippen MR) is 125 cm³/mol. The summed E-state index contributed by atoms with van der Waals surface area (Å²) >= 11 is 0. The van der Waals surface area contributed by atoms with Crippen LogP contribution in [0.15, 0.2) is 54.6 Å². The number of amides is 3. The first-order valence-corrected chi connectivity index (χ1v) is 11.2. The van der Waals surface area contributed by atoms with Crippen LogP contribution in [-0.4, -0.2) is 34.6 Å². The van der Waals surface area contributed by atoms with Crippen molar-refractivity contribution < 1.29 is 23.9 Å². The van der Waals surface area contributed by atoms with E-state index in [1.165, 1.54) is 0 Å². The fraction of sp³-hybridized carbons (Fsp3) is 0.423. The van der Waals surface area contributed by atoms with Crippen molar-refractivity contribution >= 4 is 17.9 Å². The molecular weight excluding hydrogens is 420 g/mol. The lowest BCUT2D eigenvalue weighted by atomic mass is 9.76. The third-order valence-corrected chi connectivity index (χ3v) is 5.82. The molecule has 1 heterocycles. The second kappa shape index (κ2) is 9.25. The van der Waals surface area contributed by atoms with E-state index in [4.69, 9.17) is 9.47 Å². The number of β-lactam (4-membered cyclic amide) rings is 1. The summed E-state index contributed by atoms with van der Waals surface area (Å²) in [6, 6.07) is 15.2. The van der Waals surface area contributed by atoms with Gasteiger partial charge >= 0.3 is 12.0 Å². The normalized spacial score (nSPS) is 21.1. The molecule has 1 fully saturated rings. The number of hydrogen-bond acceptors (Lipinski definition) is 5. The Hall–Kier alpha value is -3.35. The Bertz CT molecular complexity index is 1010. The van der Waals surface area contributed by atoms with Crippen molar-refractivity contribution in [1.29, 1.82) is 0 Å². The van der Waals surface area contributed by atoms with E-state index >= 15 is 0 Å². The van der Waals surface area contributed by atoms with Crippen molar-refractivity contribution in [3.8, 4) is 5.75 Å². The first-order chi connectivity index (χ1) is 15.5. The van der Waals surface area contributed by atoms with E-state index in [0.717, 1.165) is 10.5 Å². The average Bonchev–Trinajstić information content (AvgIpc) is 2.77. The molecule has 1 saturated heterocycles. The number of imide groups is 1. The van der Waals surface area contributed by atoms with Crippen LogP contribution in [0, 0.1) is 5.41 Å². The number of hydrogen-bond donors (Lipinski definition) is 1. The third kappa shape index (κ3) is 5.18. The highest BCUT2D eigenvalue weighted by Crippen LogP contribution is 2.43. The highest BCUT2D eigenvalue weighted by Gasteiger charge is 2.61. The molecule has 0 aliphatic carbocycles. The lowest BCUT2D eigenvalue weighted by Crippen LogP contribution is -2.72. The van der Waals surface area contributed by atoms with Gasteiger partial charge in [-0.15, -0.1) is 0 Å². The van der Waals surface area contributed by atoms with E-state index in [1.54, 1.807) is 52.0 Å². The molecule has 1 N–H and O–H groups in total. The van der Waals surface area contributed by atoms with Gasteiger partial charge in [-0.25, -0.2) is 14.5 Å². The van der Waals surface area contributed by atoms with E-state index in [-0.39, 0.29) is 11.9 Å². The Labute approximate surface area is 195 Å². The molecule has 0 saturated carbocycles. The smallest absolute Gasteiger partial charge is 0.338 e. The summed E-state index contributed by atoms with van der Waals surface area (Å²) in [5.74, 6) is -0.256. The number of benzene rings is 2. The standard InChI is InChI=1S/C26H32N2O5/c1-7-26(6)22(30)28(24(31)27-17(2)18-11-9-8-10-12-18)23(26)32-20-15-13-19(14-16-20)21(29)33-25(3,4)5/h8-17,23H,7H2,1-6H3,(H,27,31)/t17-,23-,26-/m0/s1. The minimum absolute atomic E-state index is 0.270. The van der Waals surface area contributed by atoms with Crippen LogP contribution in [0.4, 0.5) is 4.79 Å². The van der Waals surface area contributed by atoms with E-state index in [2.05, 4.69) is 5.32 Å². The van der Waals surface area contributed by atoms with Crippen molar-refractivity contribution in [2.45, 2.75) is 65.8 Å². The summed E-state index contributed by atoms with van der Waals surface area (Å²) in [5, 5.41) is 2.88. The Morgan fingerprint density at radius 3 is 2.24 bits per heavy atom. The van der Waals surface area contributed by atoms with Crippen LogP contribution in [-0.2, 0) is 9.53 Å². The molecule has 7 heteroatoms. The van der Waals surface area contributed by atoms with Crippen molar-refractivity contribution in [3.63, 3.8) is 0 Å². The van der Waals surface area contributed by atoms with Crippen LogP contribution in [0.25, 0.3) is 0 Å². The van der Waals surface area contributed by atoms with Crippen molar-refractivity contribution in [2.75, 3.05) is 0 Å². The molecule has 0 radical (unpaired) electrons. The summed E-state index contributed by atoms with van der Waals surface area (Å²) in [6.07, 6.45) is -0.241. The third-order valence-electron chi connectivity index (χ3n) is 5.82. The molecule has 176 valence electrons. The SMILES string of the molecule is CC[C@@]1(C)C(=O)N(C(=O)N[C@@H](C)c2ccccc2)[C@H]1Oc1ccc(C(=O)OC(C)(C)C)cc1. The van der Waals surface area contributed by atoms with Gasteiger partial charge in [-0.2, -0.15) is 0 Å². The number of esters is 1. The van der Waals surface area contributed by atoms with Gasteiger partial charge in [-0.1, -0.05) is 37.3 Å². The topological polar surface area (TPSA) is 84.9 Å². The molecular formula is C26H32N2O5. The van der Waals surface area contributed by atoms with Crippen LogP contribution in [0.2, 0.25) is 0 Å². The van der Waals surface area contributed by atoms with Gasteiger partial charge < -0.3 is 14.8 Å². The fourth-order valence-electron chi connectivity index (χ4n) is 3.63. The molecule has 0 aromatic heterocycles. The molecule has 2 aromatic carbocycles. The molecule has 1 aliphatic rings. The molecule has 3 amide bonds. The van der Waals surface area contributed by atoms with Gasteiger partial charge in [-0.3, -0.25) is 4.79 Å². The monoisotopic (exact) mass is 452 g/mol. The Morgan fingerprint density at radius 1 is 1.09 bits per heavy atom.